The standard InChI is InChI=1S/C18H13F2N3O4/c1-10(16(24)22-15-8-13(19)6-7-14(15)20)27-18(25)12-4-2-11(3-5-12)17-23-21-9-26-17/h2-10H,1H3,(H,22,24)/t10-/m1/s1. The number of halogens is 2. The van der Waals surface area contributed by atoms with Gasteiger partial charge in [0.05, 0.1) is 11.3 Å². The molecular weight excluding hydrogens is 360 g/mol. The van der Waals surface area contributed by atoms with Gasteiger partial charge in [0.1, 0.15) is 11.6 Å². The molecule has 1 aromatic heterocycles. The van der Waals surface area contributed by atoms with Gasteiger partial charge in [0.2, 0.25) is 12.3 Å². The Hall–Kier alpha value is -3.62. The van der Waals surface area contributed by atoms with Crippen LogP contribution in [0, 0.1) is 11.6 Å². The molecule has 0 radical (unpaired) electrons. The van der Waals surface area contributed by atoms with Crippen LogP contribution < -0.4 is 5.32 Å². The van der Waals surface area contributed by atoms with Crippen LogP contribution in [0.25, 0.3) is 11.5 Å². The third kappa shape index (κ3) is 4.32. The van der Waals surface area contributed by atoms with E-state index in [2.05, 4.69) is 15.5 Å². The predicted octanol–water partition coefficient (Wildman–Crippen LogP) is 3.20. The molecule has 9 heteroatoms. The second-order valence-electron chi connectivity index (χ2n) is 5.48. The number of nitrogens with zero attached hydrogens (tertiary/aromatic N) is 2. The number of carbonyl (C=O) groups excluding carboxylic acids is 2. The second-order valence-corrected chi connectivity index (χ2v) is 5.48. The van der Waals surface area contributed by atoms with Gasteiger partial charge in [-0.15, -0.1) is 10.2 Å². The van der Waals surface area contributed by atoms with E-state index in [1.807, 2.05) is 0 Å². The molecule has 0 bridgehead atoms. The number of esters is 1. The highest BCUT2D eigenvalue weighted by Gasteiger charge is 2.20. The lowest BCUT2D eigenvalue weighted by atomic mass is 10.1. The van der Waals surface area contributed by atoms with Gasteiger partial charge in [-0.05, 0) is 43.3 Å². The molecule has 3 aromatic rings. The molecule has 0 spiro atoms. The topological polar surface area (TPSA) is 94.3 Å². The van der Waals surface area contributed by atoms with Crippen LogP contribution >= 0.6 is 0 Å². The Bertz CT molecular complexity index is 959. The van der Waals surface area contributed by atoms with Crippen molar-refractivity contribution >= 4 is 17.6 Å². The zero-order chi connectivity index (χ0) is 19.4. The van der Waals surface area contributed by atoms with E-state index in [4.69, 9.17) is 9.15 Å². The molecule has 0 aliphatic heterocycles. The lowest BCUT2D eigenvalue weighted by Crippen LogP contribution is -2.30. The second kappa shape index (κ2) is 7.73. The molecule has 7 nitrogen and oxygen atoms in total. The van der Waals surface area contributed by atoms with Crippen molar-refractivity contribution in [3.63, 3.8) is 0 Å². The highest BCUT2D eigenvalue weighted by Crippen LogP contribution is 2.18. The third-order valence-corrected chi connectivity index (χ3v) is 3.57. The zero-order valence-corrected chi connectivity index (χ0v) is 14.0. The summed E-state index contributed by atoms with van der Waals surface area (Å²) in [5.74, 6) is -2.78. The molecule has 1 N–H and O–H groups in total. The Morgan fingerprint density at radius 2 is 1.89 bits per heavy atom. The first-order valence-electron chi connectivity index (χ1n) is 7.77. The first-order chi connectivity index (χ1) is 12.9. The van der Waals surface area contributed by atoms with Crippen LogP contribution in [-0.2, 0) is 9.53 Å². The Balaban J connectivity index is 1.63. The molecule has 1 amide bonds. The van der Waals surface area contributed by atoms with E-state index in [0.717, 1.165) is 18.2 Å². The minimum Gasteiger partial charge on any atom is -0.449 e. The van der Waals surface area contributed by atoms with E-state index < -0.39 is 29.6 Å². The van der Waals surface area contributed by atoms with Gasteiger partial charge in [-0.3, -0.25) is 4.79 Å². The average molecular weight is 373 g/mol. The van der Waals surface area contributed by atoms with Gasteiger partial charge in [-0.1, -0.05) is 0 Å². The van der Waals surface area contributed by atoms with Crippen molar-refractivity contribution in [1.29, 1.82) is 0 Å². The minimum atomic E-state index is -1.23. The van der Waals surface area contributed by atoms with Crippen LogP contribution in [0.1, 0.15) is 17.3 Å². The molecular formula is C18H13F2N3O4. The number of benzene rings is 2. The van der Waals surface area contributed by atoms with Gasteiger partial charge < -0.3 is 14.5 Å². The van der Waals surface area contributed by atoms with E-state index in [-0.39, 0.29) is 11.3 Å². The van der Waals surface area contributed by atoms with Gasteiger partial charge in [0.15, 0.2) is 6.10 Å². The molecule has 0 aliphatic rings. The average Bonchev–Trinajstić information content (AvgIpc) is 3.19. The van der Waals surface area contributed by atoms with Crippen LogP contribution in [-0.4, -0.2) is 28.2 Å². The molecule has 2 aromatic carbocycles. The number of hydrogen-bond acceptors (Lipinski definition) is 6. The Morgan fingerprint density at radius 1 is 1.15 bits per heavy atom. The maximum Gasteiger partial charge on any atom is 0.338 e. The smallest absolute Gasteiger partial charge is 0.338 e. The molecule has 138 valence electrons. The van der Waals surface area contributed by atoms with Crippen molar-refractivity contribution in [2.75, 3.05) is 5.32 Å². The van der Waals surface area contributed by atoms with Gasteiger partial charge in [0.25, 0.3) is 5.91 Å². The molecule has 0 unspecified atom stereocenters. The molecule has 1 atom stereocenters. The highest BCUT2D eigenvalue weighted by molar-refractivity contribution is 5.97. The minimum absolute atomic E-state index is 0.190. The van der Waals surface area contributed by atoms with Crippen LogP contribution in [0.4, 0.5) is 14.5 Å². The molecule has 0 aliphatic carbocycles. The lowest BCUT2D eigenvalue weighted by molar-refractivity contribution is -0.123. The van der Waals surface area contributed by atoms with Gasteiger partial charge in [-0.2, -0.15) is 0 Å². The summed E-state index contributed by atoms with van der Waals surface area (Å²) in [6.07, 6.45) is -0.0463. The molecule has 0 saturated heterocycles. The number of nitrogens with one attached hydrogen (secondary N) is 1. The first-order valence-corrected chi connectivity index (χ1v) is 7.77. The number of ether oxygens (including phenoxy) is 1. The Morgan fingerprint density at radius 3 is 2.56 bits per heavy atom. The summed E-state index contributed by atoms with van der Waals surface area (Å²) in [6.45, 7) is 1.32. The highest BCUT2D eigenvalue weighted by atomic mass is 19.1. The van der Waals surface area contributed by atoms with E-state index in [9.17, 15) is 18.4 Å². The molecule has 0 fully saturated rings. The van der Waals surface area contributed by atoms with Crippen LogP contribution in [0.5, 0.6) is 0 Å². The van der Waals surface area contributed by atoms with Crippen molar-refractivity contribution in [1.82, 2.24) is 10.2 Å². The van der Waals surface area contributed by atoms with E-state index in [0.29, 0.717) is 11.5 Å². The molecule has 27 heavy (non-hydrogen) atoms. The first kappa shape index (κ1) is 18.2. The van der Waals surface area contributed by atoms with Crippen molar-refractivity contribution in [3.05, 3.63) is 66.1 Å². The summed E-state index contributed by atoms with van der Waals surface area (Å²) in [7, 11) is 0. The maximum atomic E-state index is 13.6. The van der Waals surface area contributed by atoms with Crippen molar-refractivity contribution < 1.29 is 27.5 Å². The van der Waals surface area contributed by atoms with Gasteiger partial charge >= 0.3 is 5.97 Å². The molecule has 0 saturated carbocycles. The summed E-state index contributed by atoms with van der Waals surface area (Å²) < 4.78 is 36.8. The number of rotatable bonds is 5. The lowest BCUT2D eigenvalue weighted by Gasteiger charge is -2.14. The number of hydrogen-bond donors (Lipinski definition) is 1. The molecule has 1 heterocycles. The summed E-state index contributed by atoms with van der Waals surface area (Å²) in [5, 5.41) is 9.48. The fraction of sp³-hybridized carbons (Fsp3) is 0.111. The Labute approximate surface area is 152 Å². The predicted molar refractivity (Wildman–Crippen MR) is 89.6 cm³/mol. The van der Waals surface area contributed by atoms with Crippen LogP contribution in [0.3, 0.4) is 0 Å². The molecule has 3 rings (SSSR count). The van der Waals surface area contributed by atoms with Gasteiger partial charge in [-0.25, -0.2) is 13.6 Å². The summed E-state index contributed by atoms with van der Waals surface area (Å²) in [5.41, 5.74) is 0.457. The monoisotopic (exact) mass is 373 g/mol. The normalized spacial score (nSPS) is 11.7. The van der Waals surface area contributed by atoms with E-state index in [1.54, 1.807) is 12.1 Å². The zero-order valence-electron chi connectivity index (χ0n) is 14.0. The van der Waals surface area contributed by atoms with E-state index >= 15 is 0 Å². The SMILES string of the molecule is C[C@@H](OC(=O)c1ccc(-c2nnco2)cc1)C(=O)Nc1cc(F)ccc1F. The van der Waals surface area contributed by atoms with Gasteiger partial charge in [0, 0.05) is 11.6 Å². The fourth-order valence-corrected chi connectivity index (χ4v) is 2.16. The maximum absolute atomic E-state index is 13.6. The summed E-state index contributed by atoms with van der Waals surface area (Å²) >= 11 is 0. The van der Waals surface area contributed by atoms with Crippen LogP contribution in [0.2, 0.25) is 0 Å². The number of amides is 1. The number of anilines is 1. The van der Waals surface area contributed by atoms with Crippen molar-refractivity contribution in [2.45, 2.75) is 13.0 Å². The number of carbonyl (C=O) groups is 2. The Kier molecular flexibility index (Phi) is 5.20. The summed E-state index contributed by atoms with van der Waals surface area (Å²) in [4.78, 5) is 24.2. The fourth-order valence-electron chi connectivity index (χ4n) is 2.16. The van der Waals surface area contributed by atoms with E-state index in [1.165, 1.54) is 25.5 Å². The van der Waals surface area contributed by atoms with Crippen molar-refractivity contribution in [2.24, 2.45) is 0 Å². The van der Waals surface area contributed by atoms with Crippen LogP contribution in [0.15, 0.2) is 53.3 Å². The summed E-state index contributed by atoms with van der Waals surface area (Å²) in [6, 6.07) is 8.74. The largest absolute Gasteiger partial charge is 0.449 e. The third-order valence-electron chi connectivity index (χ3n) is 3.57. The van der Waals surface area contributed by atoms with Crippen molar-refractivity contribution in [3.8, 4) is 11.5 Å². The number of aromatic nitrogens is 2. The quantitative estimate of drug-likeness (QED) is 0.690.